The third-order valence-corrected chi connectivity index (χ3v) is 5.15. The van der Waals surface area contributed by atoms with E-state index in [1.54, 1.807) is 0 Å². The van der Waals surface area contributed by atoms with Crippen LogP contribution in [0.15, 0.2) is 18.2 Å². The first kappa shape index (κ1) is 18.5. The molecule has 1 N–H and O–H groups in total. The molecule has 0 aromatic heterocycles. The first-order chi connectivity index (χ1) is 11.7. The van der Waals surface area contributed by atoms with Gasteiger partial charge < -0.3 is 5.32 Å². The number of alkyl halides is 6. The Balaban J connectivity index is 2.05. The third-order valence-electron chi connectivity index (χ3n) is 5.15. The van der Waals surface area contributed by atoms with E-state index >= 15 is 0 Å². The van der Waals surface area contributed by atoms with Crippen molar-refractivity contribution in [2.24, 2.45) is 5.92 Å². The Hall–Kier alpha value is -1.28. The lowest BCUT2D eigenvalue weighted by Crippen LogP contribution is -2.48. The molecule has 1 aromatic carbocycles. The summed E-state index contributed by atoms with van der Waals surface area (Å²) < 4.78 is 79.3. The highest BCUT2D eigenvalue weighted by Gasteiger charge is 2.43. The van der Waals surface area contributed by atoms with Gasteiger partial charge in [0.05, 0.1) is 11.1 Å². The molecule has 0 spiro atoms. The fourth-order valence-electron chi connectivity index (χ4n) is 3.70. The predicted molar refractivity (Wildman–Crippen MR) is 81.0 cm³/mol. The van der Waals surface area contributed by atoms with Crippen LogP contribution < -0.4 is 5.32 Å². The number of benzene rings is 1. The smallest absolute Gasteiger partial charge is 0.314 e. The predicted octanol–water partition coefficient (Wildman–Crippen LogP) is 4.47. The molecule has 0 unspecified atom stereocenters. The average Bonchev–Trinajstić information content (AvgIpc) is 2.49. The molecule has 1 aliphatic heterocycles. The van der Waals surface area contributed by atoms with Gasteiger partial charge in [0, 0.05) is 32.2 Å². The van der Waals surface area contributed by atoms with Crippen LogP contribution in [0.5, 0.6) is 0 Å². The van der Waals surface area contributed by atoms with Crippen LogP contribution >= 0.6 is 0 Å². The van der Waals surface area contributed by atoms with E-state index in [9.17, 15) is 26.3 Å². The van der Waals surface area contributed by atoms with Crippen LogP contribution in [0.1, 0.15) is 42.0 Å². The molecule has 1 saturated heterocycles. The van der Waals surface area contributed by atoms with E-state index in [2.05, 4.69) is 5.32 Å². The van der Waals surface area contributed by atoms with Crippen molar-refractivity contribution >= 4 is 0 Å². The number of hydrogen-bond donors (Lipinski definition) is 1. The van der Waals surface area contributed by atoms with E-state index in [4.69, 9.17) is 0 Å². The summed E-state index contributed by atoms with van der Waals surface area (Å²) in [6.07, 6.45) is -7.03. The zero-order valence-corrected chi connectivity index (χ0v) is 13.6. The van der Waals surface area contributed by atoms with Gasteiger partial charge in [0.25, 0.3) is 0 Å². The molecule has 2 fully saturated rings. The Morgan fingerprint density at radius 1 is 0.960 bits per heavy atom. The Morgan fingerprint density at radius 2 is 1.60 bits per heavy atom. The number of rotatable bonds is 3. The van der Waals surface area contributed by atoms with E-state index in [1.165, 1.54) is 0 Å². The topological polar surface area (TPSA) is 15.3 Å². The summed E-state index contributed by atoms with van der Waals surface area (Å²) in [5.41, 5.74) is -2.43. The number of halogens is 6. The maximum atomic E-state index is 13.5. The molecule has 0 bridgehead atoms. The molecular weight excluding hydrogens is 346 g/mol. The van der Waals surface area contributed by atoms with Crippen molar-refractivity contribution in [3.05, 3.63) is 34.9 Å². The Bertz CT molecular complexity index is 600. The van der Waals surface area contributed by atoms with Gasteiger partial charge in [-0.05, 0) is 36.5 Å². The van der Waals surface area contributed by atoms with Gasteiger partial charge in [-0.2, -0.15) is 26.3 Å². The fourth-order valence-corrected chi connectivity index (χ4v) is 3.70. The molecule has 25 heavy (non-hydrogen) atoms. The maximum absolute atomic E-state index is 13.5. The lowest BCUT2D eigenvalue weighted by Gasteiger charge is -2.44. The van der Waals surface area contributed by atoms with Crippen molar-refractivity contribution in [2.45, 2.75) is 37.7 Å². The lowest BCUT2D eigenvalue weighted by atomic mass is 9.75. The summed E-state index contributed by atoms with van der Waals surface area (Å²) >= 11 is 0. The van der Waals surface area contributed by atoms with Crippen molar-refractivity contribution in [1.29, 1.82) is 0 Å². The first-order valence-corrected chi connectivity index (χ1v) is 8.41. The number of nitrogens with zero attached hydrogens (tertiary/aromatic N) is 1. The van der Waals surface area contributed by atoms with Gasteiger partial charge in [0.2, 0.25) is 0 Å². The van der Waals surface area contributed by atoms with Crippen molar-refractivity contribution in [2.75, 3.05) is 26.2 Å². The average molecular weight is 366 g/mol. The van der Waals surface area contributed by atoms with Crippen LogP contribution in [0.3, 0.4) is 0 Å². The van der Waals surface area contributed by atoms with Crippen LogP contribution in [0.2, 0.25) is 0 Å². The Kier molecular flexibility index (Phi) is 5.03. The van der Waals surface area contributed by atoms with Crippen molar-refractivity contribution in [3.63, 3.8) is 0 Å². The second-order valence-electron chi connectivity index (χ2n) is 6.72. The maximum Gasteiger partial charge on any atom is 0.416 e. The second kappa shape index (κ2) is 6.79. The summed E-state index contributed by atoms with van der Waals surface area (Å²) in [6, 6.07) is 1.60. The van der Waals surface area contributed by atoms with E-state index in [-0.39, 0.29) is 17.5 Å². The van der Waals surface area contributed by atoms with Gasteiger partial charge in [-0.25, -0.2) is 0 Å². The van der Waals surface area contributed by atoms with Gasteiger partial charge in [-0.15, -0.1) is 0 Å². The minimum Gasteiger partial charge on any atom is -0.314 e. The monoisotopic (exact) mass is 366 g/mol. The zero-order chi connectivity index (χ0) is 18.2. The molecule has 1 aromatic rings. The van der Waals surface area contributed by atoms with E-state index in [1.807, 2.05) is 4.90 Å². The molecule has 0 radical (unpaired) electrons. The van der Waals surface area contributed by atoms with Gasteiger partial charge in [-0.3, -0.25) is 4.90 Å². The summed E-state index contributed by atoms with van der Waals surface area (Å²) in [6.45, 7) is 2.54. The molecule has 1 saturated carbocycles. The molecule has 1 aliphatic carbocycles. The highest BCUT2D eigenvalue weighted by molar-refractivity contribution is 5.38. The van der Waals surface area contributed by atoms with Gasteiger partial charge in [-0.1, -0.05) is 12.5 Å². The Morgan fingerprint density at radius 3 is 2.08 bits per heavy atom. The van der Waals surface area contributed by atoms with Crippen LogP contribution in [-0.2, 0) is 12.4 Å². The highest BCUT2D eigenvalue weighted by Crippen LogP contribution is 2.46. The normalized spacial score (nSPS) is 21.8. The summed E-state index contributed by atoms with van der Waals surface area (Å²) in [7, 11) is 0. The lowest BCUT2D eigenvalue weighted by molar-refractivity contribution is -0.144. The van der Waals surface area contributed by atoms with Gasteiger partial charge >= 0.3 is 12.4 Å². The largest absolute Gasteiger partial charge is 0.416 e. The highest BCUT2D eigenvalue weighted by atomic mass is 19.4. The van der Waals surface area contributed by atoms with Crippen LogP contribution in [0.25, 0.3) is 0 Å². The van der Waals surface area contributed by atoms with Crippen LogP contribution in [-0.4, -0.2) is 31.1 Å². The van der Waals surface area contributed by atoms with Gasteiger partial charge in [0.1, 0.15) is 0 Å². The number of piperazine rings is 1. The van der Waals surface area contributed by atoms with Crippen LogP contribution in [0.4, 0.5) is 26.3 Å². The van der Waals surface area contributed by atoms with Gasteiger partial charge in [0.15, 0.2) is 0 Å². The quantitative estimate of drug-likeness (QED) is 0.794. The first-order valence-electron chi connectivity index (χ1n) is 8.41. The fraction of sp³-hybridized carbons (Fsp3) is 0.647. The van der Waals surface area contributed by atoms with E-state index in [0.29, 0.717) is 26.2 Å². The number of nitrogens with one attached hydrogen (secondary N) is 1. The molecule has 0 amide bonds. The molecule has 140 valence electrons. The minimum absolute atomic E-state index is 0.0212. The summed E-state index contributed by atoms with van der Waals surface area (Å²) in [5, 5.41) is 3.16. The molecular formula is C17H20F6N2. The van der Waals surface area contributed by atoms with E-state index < -0.39 is 29.5 Å². The van der Waals surface area contributed by atoms with E-state index in [0.717, 1.165) is 31.4 Å². The zero-order valence-electron chi connectivity index (χ0n) is 13.6. The molecule has 1 heterocycles. The van der Waals surface area contributed by atoms with Crippen molar-refractivity contribution < 1.29 is 26.3 Å². The van der Waals surface area contributed by atoms with Crippen LogP contribution in [0, 0.1) is 5.92 Å². The standard InChI is InChI=1S/C17H20F6N2/c18-16(19,20)12-4-5-13(14(10-12)17(21,22)23)15(11-2-1-3-11)25-8-6-24-7-9-25/h4-5,10-11,15,24H,1-3,6-9H2/t15-/m1/s1. The molecule has 2 aliphatic rings. The molecule has 2 nitrogen and oxygen atoms in total. The van der Waals surface area contributed by atoms with Crippen molar-refractivity contribution in [3.8, 4) is 0 Å². The summed E-state index contributed by atoms with van der Waals surface area (Å²) in [5.74, 6) is 0.0657. The minimum atomic E-state index is -4.81. The number of hydrogen-bond acceptors (Lipinski definition) is 2. The molecule has 8 heteroatoms. The van der Waals surface area contributed by atoms with Crippen molar-refractivity contribution in [1.82, 2.24) is 10.2 Å². The second-order valence-corrected chi connectivity index (χ2v) is 6.72. The molecule has 3 rings (SSSR count). The third kappa shape index (κ3) is 3.95. The SMILES string of the molecule is FC(F)(F)c1ccc([C@@H](C2CCC2)N2CCNCC2)c(C(F)(F)F)c1. The summed E-state index contributed by atoms with van der Waals surface area (Å²) in [4.78, 5) is 1.98. The Labute approximate surface area is 142 Å². The molecule has 1 atom stereocenters.